The Morgan fingerprint density at radius 1 is 1.26 bits per heavy atom. The average Bonchev–Trinajstić information content (AvgIpc) is 2.65. The molecule has 1 atom stereocenters. The maximum atomic E-state index is 12.8. The number of aromatic nitrogens is 2. The van der Waals surface area contributed by atoms with Crippen molar-refractivity contribution in [2.75, 3.05) is 44.2 Å². The molecule has 0 spiro atoms. The molecule has 106 valence electrons. The molecule has 1 unspecified atom stereocenters. The molecule has 6 heteroatoms. The van der Waals surface area contributed by atoms with E-state index in [4.69, 9.17) is 5.73 Å². The Labute approximate surface area is 113 Å². The minimum atomic E-state index is -0.392. The topological polar surface area (TPSA) is 58.3 Å². The Hall–Kier alpha value is -1.27. The summed E-state index contributed by atoms with van der Waals surface area (Å²) in [4.78, 5) is 12.6. The minimum Gasteiger partial charge on any atom is -0.339 e. The molecule has 19 heavy (non-hydrogen) atoms. The van der Waals surface area contributed by atoms with Crippen LogP contribution < -0.4 is 10.6 Å². The van der Waals surface area contributed by atoms with Gasteiger partial charge in [0.25, 0.3) is 0 Å². The number of halogens is 1. The molecule has 1 fully saturated rings. The van der Waals surface area contributed by atoms with E-state index in [0.717, 1.165) is 45.7 Å². The molecule has 1 aliphatic heterocycles. The molecular weight excluding hydrogens is 245 g/mol. The van der Waals surface area contributed by atoms with Gasteiger partial charge in [0.1, 0.15) is 0 Å². The van der Waals surface area contributed by atoms with Crippen LogP contribution in [0.4, 0.5) is 10.3 Å². The van der Waals surface area contributed by atoms with Gasteiger partial charge in [-0.05, 0) is 25.4 Å². The van der Waals surface area contributed by atoms with E-state index in [0.29, 0.717) is 11.9 Å². The zero-order chi connectivity index (χ0) is 13.7. The normalized spacial score (nSPS) is 19.2. The van der Waals surface area contributed by atoms with E-state index in [-0.39, 0.29) is 0 Å². The third-order valence-corrected chi connectivity index (χ3v) is 3.45. The van der Waals surface area contributed by atoms with Gasteiger partial charge in [0, 0.05) is 26.2 Å². The summed E-state index contributed by atoms with van der Waals surface area (Å²) in [5.74, 6) is 0.751. The predicted molar refractivity (Wildman–Crippen MR) is 73.5 cm³/mol. The summed E-state index contributed by atoms with van der Waals surface area (Å²) in [6, 6.07) is 0. The fourth-order valence-electron chi connectivity index (χ4n) is 2.34. The third kappa shape index (κ3) is 4.11. The van der Waals surface area contributed by atoms with Gasteiger partial charge >= 0.3 is 0 Å². The summed E-state index contributed by atoms with van der Waals surface area (Å²) in [7, 11) is 0. The lowest BCUT2D eigenvalue weighted by Crippen LogP contribution is -2.35. The van der Waals surface area contributed by atoms with Crippen LogP contribution in [0.3, 0.4) is 0 Å². The molecule has 0 radical (unpaired) electrons. The summed E-state index contributed by atoms with van der Waals surface area (Å²) >= 11 is 0. The van der Waals surface area contributed by atoms with Crippen LogP contribution in [0.25, 0.3) is 0 Å². The number of nitrogens with zero attached hydrogens (tertiary/aromatic N) is 4. The summed E-state index contributed by atoms with van der Waals surface area (Å²) in [6.07, 6.45) is 3.51. The lowest BCUT2D eigenvalue weighted by molar-refractivity contribution is 0.255. The maximum Gasteiger partial charge on any atom is 0.225 e. The summed E-state index contributed by atoms with van der Waals surface area (Å²) in [5.41, 5.74) is 5.67. The molecule has 1 saturated heterocycles. The fraction of sp³-hybridized carbons (Fsp3) is 0.692. The zero-order valence-corrected chi connectivity index (χ0v) is 11.4. The first-order chi connectivity index (χ1) is 9.19. The fourth-order valence-corrected chi connectivity index (χ4v) is 2.34. The van der Waals surface area contributed by atoms with Crippen LogP contribution in [-0.4, -0.2) is 54.1 Å². The first-order valence-corrected chi connectivity index (χ1v) is 6.84. The zero-order valence-electron chi connectivity index (χ0n) is 11.4. The number of anilines is 1. The van der Waals surface area contributed by atoms with Crippen molar-refractivity contribution in [2.24, 2.45) is 11.7 Å². The van der Waals surface area contributed by atoms with Crippen molar-refractivity contribution < 1.29 is 4.39 Å². The number of hydrogen-bond acceptors (Lipinski definition) is 5. The quantitative estimate of drug-likeness (QED) is 0.871. The van der Waals surface area contributed by atoms with Crippen LogP contribution in [0.15, 0.2) is 12.4 Å². The van der Waals surface area contributed by atoms with Gasteiger partial charge in [0.05, 0.1) is 12.4 Å². The highest BCUT2D eigenvalue weighted by molar-refractivity contribution is 5.28. The Morgan fingerprint density at radius 3 is 2.68 bits per heavy atom. The standard InChI is InChI=1S/C13H22FN5/c1-11(7-15)10-18-3-2-4-19(6-5-18)13-16-8-12(14)9-17-13/h8-9,11H,2-7,10,15H2,1H3. The van der Waals surface area contributed by atoms with Crippen molar-refractivity contribution in [1.82, 2.24) is 14.9 Å². The molecule has 0 aromatic carbocycles. The molecule has 1 aliphatic rings. The van der Waals surface area contributed by atoms with Crippen molar-refractivity contribution in [3.63, 3.8) is 0 Å². The molecule has 1 aromatic rings. The molecule has 5 nitrogen and oxygen atoms in total. The maximum absolute atomic E-state index is 12.8. The van der Waals surface area contributed by atoms with Gasteiger partial charge in [-0.3, -0.25) is 0 Å². The highest BCUT2D eigenvalue weighted by Crippen LogP contribution is 2.11. The van der Waals surface area contributed by atoms with Crippen molar-refractivity contribution in [3.8, 4) is 0 Å². The van der Waals surface area contributed by atoms with Crippen LogP contribution >= 0.6 is 0 Å². The average molecular weight is 267 g/mol. The second kappa shape index (κ2) is 6.77. The van der Waals surface area contributed by atoms with Crippen LogP contribution in [0.5, 0.6) is 0 Å². The second-order valence-corrected chi connectivity index (χ2v) is 5.18. The summed E-state index contributed by atoms with van der Waals surface area (Å²) < 4.78 is 12.8. The van der Waals surface area contributed by atoms with Crippen LogP contribution in [-0.2, 0) is 0 Å². The monoisotopic (exact) mass is 267 g/mol. The smallest absolute Gasteiger partial charge is 0.225 e. The molecule has 0 aliphatic carbocycles. The Bertz CT molecular complexity index is 383. The highest BCUT2D eigenvalue weighted by Gasteiger charge is 2.17. The lowest BCUT2D eigenvalue weighted by Gasteiger charge is -2.23. The van der Waals surface area contributed by atoms with Gasteiger partial charge in [-0.25, -0.2) is 14.4 Å². The van der Waals surface area contributed by atoms with Gasteiger partial charge < -0.3 is 15.5 Å². The van der Waals surface area contributed by atoms with Gasteiger partial charge in [0.2, 0.25) is 5.95 Å². The largest absolute Gasteiger partial charge is 0.339 e. The molecule has 2 N–H and O–H groups in total. The predicted octanol–water partition coefficient (Wildman–Crippen LogP) is 0.723. The van der Waals surface area contributed by atoms with Gasteiger partial charge in [-0.15, -0.1) is 0 Å². The van der Waals surface area contributed by atoms with E-state index in [1.54, 1.807) is 0 Å². The van der Waals surface area contributed by atoms with Crippen molar-refractivity contribution in [2.45, 2.75) is 13.3 Å². The van der Waals surface area contributed by atoms with Gasteiger partial charge in [0.15, 0.2) is 5.82 Å². The Balaban J connectivity index is 1.91. The second-order valence-electron chi connectivity index (χ2n) is 5.18. The van der Waals surface area contributed by atoms with E-state index in [1.165, 1.54) is 12.4 Å². The van der Waals surface area contributed by atoms with Crippen molar-refractivity contribution in [3.05, 3.63) is 18.2 Å². The van der Waals surface area contributed by atoms with Crippen LogP contribution in [0.1, 0.15) is 13.3 Å². The minimum absolute atomic E-state index is 0.392. The van der Waals surface area contributed by atoms with Gasteiger partial charge in [-0.1, -0.05) is 6.92 Å². The van der Waals surface area contributed by atoms with Crippen molar-refractivity contribution >= 4 is 5.95 Å². The number of hydrogen-bond donors (Lipinski definition) is 1. The van der Waals surface area contributed by atoms with E-state index < -0.39 is 5.82 Å². The summed E-state index contributed by atoms with van der Waals surface area (Å²) in [5, 5.41) is 0. The van der Waals surface area contributed by atoms with Crippen LogP contribution in [0, 0.1) is 11.7 Å². The number of rotatable bonds is 4. The molecule has 2 heterocycles. The molecule has 0 bridgehead atoms. The van der Waals surface area contributed by atoms with E-state index in [1.807, 2.05) is 0 Å². The Morgan fingerprint density at radius 2 is 2.00 bits per heavy atom. The molecule has 1 aromatic heterocycles. The molecule has 0 saturated carbocycles. The number of nitrogens with two attached hydrogens (primary N) is 1. The van der Waals surface area contributed by atoms with E-state index in [9.17, 15) is 4.39 Å². The van der Waals surface area contributed by atoms with Crippen molar-refractivity contribution in [1.29, 1.82) is 0 Å². The SMILES string of the molecule is CC(CN)CN1CCCN(c2ncc(F)cn2)CC1. The summed E-state index contributed by atoms with van der Waals surface area (Å²) in [6.45, 7) is 7.77. The van der Waals surface area contributed by atoms with E-state index in [2.05, 4.69) is 26.7 Å². The molecule has 0 amide bonds. The van der Waals surface area contributed by atoms with E-state index >= 15 is 0 Å². The van der Waals surface area contributed by atoms with Crippen LogP contribution in [0.2, 0.25) is 0 Å². The highest BCUT2D eigenvalue weighted by atomic mass is 19.1. The van der Waals surface area contributed by atoms with Gasteiger partial charge in [-0.2, -0.15) is 0 Å². The Kier molecular flexibility index (Phi) is 5.04. The molecular formula is C13H22FN5. The first-order valence-electron chi connectivity index (χ1n) is 6.84. The molecule has 2 rings (SSSR count). The first kappa shape index (κ1) is 14.1. The third-order valence-electron chi connectivity index (χ3n) is 3.45. The lowest BCUT2D eigenvalue weighted by atomic mass is 10.1.